The van der Waals surface area contributed by atoms with Gasteiger partial charge in [0.25, 0.3) is 0 Å². The van der Waals surface area contributed by atoms with E-state index in [0.717, 1.165) is 18.2 Å². The van der Waals surface area contributed by atoms with E-state index in [0.29, 0.717) is 16.9 Å². The van der Waals surface area contributed by atoms with Crippen LogP contribution in [0.5, 0.6) is 11.5 Å². The molecule has 5 nitrogen and oxygen atoms in total. The largest absolute Gasteiger partial charge is 0.496 e. The maximum atomic E-state index is 14.4. The summed E-state index contributed by atoms with van der Waals surface area (Å²) in [6, 6.07) is 14.4. The van der Waals surface area contributed by atoms with Gasteiger partial charge in [0, 0.05) is 23.9 Å². The molecule has 0 bridgehead atoms. The Morgan fingerprint density at radius 1 is 0.971 bits per heavy atom. The zero-order valence-corrected chi connectivity index (χ0v) is 18.6. The molecule has 3 aromatic carbocycles. The van der Waals surface area contributed by atoms with Crippen molar-refractivity contribution in [2.24, 2.45) is 5.73 Å². The van der Waals surface area contributed by atoms with Gasteiger partial charge in [-0.3, -0.25) is 4.79 Å². The number of hydrogen-bond acceptors (Lipinski definition) is 4. The van der Waals surface area contributed by atoms with Gasteiger partial charge in [-0.05, 0) is 42.3 Å². The fourth-order valence-electron chi connectivity index (χ4n) is 3.52. The molecule has 0 fully saturated rings. The molecule has 1 unspecified atom stereocenters. The number of rotatable bonds is 8. The molecule has 0 aromatic heterocycles. The van der Waals surface area contributed by atoms with Crippen LogP contribution < -0.4 is 20.1 Å². The molecule has 3 aromatic rings. The minimum absolute atomic E-state index is 0.00733. The second-order valence-electron chi connectivity index (χ2n) is 7.47. The Hall–Kier alpha value is -3.59. The number of methoxy groups -OCH3 is 2. The van der Waals surface area contributed by atoms with Gasteiger partial charge < -0.3 is 20.1 Å². The molecule has 0 aliphatic rings. The summed E-state index contributed by atoms with van der Waals surface area (Å²) in [7, 11) is 2.78. The molecule has 0 aliphatic carbocycles. The Kier molecular flexibility index (Phi) is 7.78. The van der Waals surface area contributed by atoms with Gasteiger partial charge in [-0.2, -0.15) is 13.2 Å². The fourth-order valence-corrected chi connectivity index (χ4v) is 3.52. The van der Waals surface area contributed by atoms with Gasteiger partial charge in [-0.25, -0.2) is 4.39 Å². The van der Waals surface area contributed by atoms with E-state index in [1.807, 2.05) is 0 Å². The van der Waals surface area contributed by atoms with Crippen molar-refractivity contribution < 1.29 is 31.8 Å². The molecule has 9 heteroatoms. The average molecular weight is 476 g/mol. The van der Waals surface area contributed by atoms with Gasteiger partial charge in [0.2, 0.25) is 5.91 Å². The van der Waals surface area contributed by atoms with Crippen molar-refractivity contribution in [3.05, 3.63) is 89.2 Å². The first-order chi connectivity index (χ1) is 16.2. The van der Waals surface area contributed by atoms with Crippen molar-refractivity contribution in [1.82, 2.24) is 0 Å². The lowest BCUT2D eigenvalue weighted by Crippen LogP contribution is -2.40. The van der Waals surface area contributed by atoms with Crippen LogP contribution in [0.3, 0.4) is 0 Å². The van der Waals surface area contributed by atoms with Crippen LogP contribution in [0.1, 0.15) is 22.7 Å². The van der Waals surface area contributed by atoms with Gasteiger partial charge in [0.1, 0.15) is 11.8 Å². The number of anilines is 1. The molecular formula is C25H24F4N2O3. The number of alkyl halides is 3. The number of carbonyl (C=O) groups is 1. The number of ether oxygens (including phenoxy) is 2. The fraction of sp³-hybridized carbons (Fsp3) is 0.240. The summed E-state index contributed by atoms with van der Waals surface area (Å²) >= 11 is 0. The Morgan fingerprint density at radius 2 is 1.62 bits per heavy atom. The lowest BCUT2D eigenvalue weighted by Gasteiger charge is -2.27. The number of hydrogen-bond donors (Lipinski definition) is 1. The normalized spacial score (nSPS) is 12.2. The van der Waals surface area contributed by atoms with Crippen LogP contribution >= 0.6 is 0 Å². The summed E-state index contributed by atoms with van der Waals surface area (Å²) in [6.45, 7) is 0.0544. The molecular weight excluding hydrogens is 452 g/mol. The first-order valence-electron chi connectivity index (χ1n) is 10.3. The zero-order chi connectivity index (χ0) is 24.9. The number of para-hydroxylation sites is 1. The van der Waals surface area contributed by atoms with E-state index in [2.05, 4.69) is 0 Å². The molecule has 2 N–H and O–H groups in total. The first-order valence-corrected chi connectivity index (χ1v) is 10.3. The van der Waals surface area contributed by atoms with Crippen LogP contribution in [0.15, 0.2) is 66.7 Å². The third-order valence-electron chi connectivity index (χ3n) is 5.36. The minimum atomic E-state index is -4.44. The Labute approximate surface area is 194 Å². The van der Waals surface area contributed by atoms with Crippen LogP contribution in [0, 0.1) is 5.82 Å². The van der Waals surface area contributed by atoms with Crippen molar-refractivity contribution in [3.63, 3.8) is 0 Å². The number of nitrogens with zero attached hydrogens (tertiary/aromatic N) is 1. The molecule has 0 radical (unpaired) electrons. The molecule has 0 saturated heterocycles. The van der Waals surface area contributed by atoms with Crippen molar-refractivity contribution in [1.29, 1.82) is 0 Å². The molecule has 34 heavy (non-hydrogen) atoms. The summed E-state index contributed by atoms with van der Waals surface area (Å²) in [4.78, 5) is 14.7. The standard InChI is InChI=1S/C25H24F4N2O3/c1-33-21-6-4-3-5-19(21)23(30)24(32)31(18-11-12-22(34-2)20(26)15-18)14-13-16-7-9-17(10-8-16)25(27,28)29/h3-12,15,23H,13-14,30H2,1-2H3. The predicted molar refractivity (Wildman–Crippen MR) is 120 cm³/mol. The summed E-state index contributed by atoms with van der Waals surface area (Å²) in [5.74, 6) is -0.765. The second kappa shape index (κ2) is 10.6. The molecule has 3 rings (SSSR count). The van der Waals surface area contributed by atoms with E-state index < -0.39 is 29.5 Å². The number of carbonyl (C=O) groups excluding carboxylic acids is 1. The van der Waals surface area contributed by atoms with E-state index in [4.69, 9.17) is 15.2 Å². The number of halogens is 4. The SMILES string of the molecule is COc1ccc(N(CCc2ccc(C(F)(F)F)cc2)C(=O)C(N)c2ccccc2OC)cc1F. The number of benzene rings is 3. The third-order valence-corrected chi connectivity index (χ3v) is 5.36. The number of amides is 1. The van der Waals surface area contributed by atoms with E-state index in [9.17, 15) is 22.4 Å². The summed E-state index contributed by atoms with van der Waals surface area (Å²) in [5.41, 5.74) is 6.76. The molecule has 0 spiro atoms. The third kappa shape index (κ3) is 5.66. The van der Waals surface area contributed by atoms with Gasteiger partial charge in [-0.15, -0.1) is 0 Å². The maximum absolute atomic E-state index is 14.4. The lowest BCUT2D eigenvalue weighted by molar-refractivity contribution is -0.137. The van der Waals surface area contributed by atoms with Crippen LogP contribution in [-0.2, 0) is 17.4 Å². The highest BCUT2D eigenvalue weighted by molar-refractivity contribution is 5.98. The smallest absolute Gasteiger partial charge is 0.416 e. The van der Waals surface area contributed by atoms with Crippen LogP contribution in [-0.4, -0.2) is 26.7 Å². The van der Waals surface area contributed by atoms with E-state index in [-0.39, 0.29) is 24.4 Å². The Morgan fingerprint density at radius 3 is 2.21 bits per heavy atom. The Balaban J connectivity index is 1.90. The van der Waals surface area contributed by atoms with E-state index >= 15 is 0 Å². The lowest BCUT2D eigenvalue weighted by atomic mass is 10.0. The van der Waals surface area contributed by atoms with E-state index in [1.165, 1.54) is 43.4 Å². The summed E-state index contributed by atoms with van der Waals surface area (Å²) in [6.07, 6.45) is -4.22. The maximum Gasteiger partial charge on any atom is 0.416 e. The first kappa shape index (κ1) is 25.0. The van der Waals surface area contributed by atoms with Gasteiger partial charge in [-0.1, -0.05) is 30.3 Å². The highest BCUT2D eigenvalue weighted by Gasteiger charge is 2.30. The Bertz CT molecular complexity index is 1130. The van der Waals surface area contributed by atoms with Gasteiger partial charge >= 0.3 is 6.18 Å². The monoisotopic (exact) mass is 476 g/mol. The van der Waals surface area contributed by atoms with Crippen molar-refractivity contribution in [2.45, 2.75) is 18.6 Å². The summed E-state index contributed by atoms with van der Waals surface area (Å²) < 4.78 is 63.2. The van der Waals surface area contributed by atoms with Crippen LogP contribution in [0.25, 0.3) is 0 Å². The van der Waals surface area contributed by atoms with Crippen molar-refractivity contribution >= 4 is 11.6 Å². The highest BCUT2D eigenvalue weighted by Crippen LogP contribution is 2.31. The van der Waals surface area contributed by atoms with Gasteiger partial charge in [0.05, 0.1) is 19.8 Å². The quantitative estimate of drug-likeness (QED) is 0.458. The van der Waals surface area contributed by atoms with Crippen LogP contribution in [0.4, 0.5) is 23.2 Å². The molecule has 180 valence electrons. The second-order valence-corrected chi connectivity index (χ2v) is 7.47. The van der Waals surface area contributed by atoms with Crippen molar-refractivity contribution in [3.8, 4) is 11.5 Å². The molecule has 0 aliphatic heterocycles. The molecule has 0 heterocycles. The van der Waals surface area contributed by atoms with Crippen LogP contribution in [0.2, 0.25) is 0 Å². The molecule has 0 saturated carbocycles. The van der Waals surface area contributed by atoms with Gasteiger partial charge in [0.15, 0.2) is 11.6 Å². The van der Waals surface area contributed by atoms with Crippen molar-refractivity contribution in [2.75, 3.05) is 25.7 Å². The average Bonchev–Trinajstić information content (AvgIpc) is 2.83. The zero-order valence-electron chi connectivity index (χ0n) is 18.6. The topological polar surface area (TPSA) is 64.8 Å². The predicted octanol–water partition coefficient (Wildman–Crippen LogP) is 5.14. The number of nitrogens with two attached hydrogens (primary N) is 1. The summed E-state index contributed by atoms with van der Waals surface area (Å²) in [5, 5.41) is 0. The molecule has 1 amide bonds. The molecule has 1 atom stereocenters. The van der Waals surface area contributed by atoms with E-state index in [1.54, 1.807) is 24.3 Å². The highest BCUT2D eigenvalue weighted by atomic mass is 19.4. The minimum Gasteiger partial charge on any atom is -0.496 e.